The van der Waals surface area contributed by atoms with E-state index in [-0.39, 0.29) is 5.92 Å². The minimum Gasteiger partial charge on any atom is -0.381 e. The Morgan fingerprint density at radius 1 is 1.54 bits per heavy atom. The summed E-state index contributed by atoms with van der Waals surface area (Å²) in [4.78, 5) is 11.2. The maximum Gasteiger partial charge on any atom is 0.146 e. The van der Waals surface area contributed by atoms with Crippen LogP contribution in [0.4, 0.5) is 0 Å². The fourth-order valence-electron chi connectivity index (χ4n) is 1.33. The molecule has 1 rings (SSSR count). The molecule has 1 aliphatic heterocycles. The van der Waals surface area contributed by atoms with Crippen LogP contribution >= 0.6 is 11.8 Å². The van der Waals surface area contributed by atoms with Crippen molar-refractivity contribution in [1.82, 2.24) is 0 Å². The normalized spacial score (nSPS) is 22.5. The number of hydrogen-bond donors (Lipinski definition) is 0. The third-order valence-corrected chi connectivity index (χ3v) is 3.40. The number of rotatable bonds is 6. The molecule has 0 bridgehead atoms. The Balaban J connectivity index is 1.96. The number of Topliss-reactive ketones (excluding diaryl/α,β-unsaturated/α-hetero) is 1. The maximum absolute atomic E-state index is 11.2. The molecule has 1 fully saturated rings. The lowest BCUT2D eigenvalue weighted by molar-refractivity contribution is -0.119. The first-order valence-electron chi connectivity index (χ1n) is 5.02. The Morgan fingerprint density at radius 3 is 3.00 bits per heavy atom. The first kappa shape index (κ1) is 11.1. The smallest absolute Gasteiger partial charge is 0.146 e. The van der Waals surface area contributed by atoms with Gasteiger partial charge in [0.1, 0.15) is 5.78 Å². The molecule has 0 N–H and O–H groups in total. The van der Waals surface area contributed by atoms with Crippen molar-refractivity contribution in [1.29, 1.82) is 0 Å². The molecule has 0 aromatic rings. The van der Waals surface area contributed by atoms with Gasteiger partial charge in [-0.15, -0.1) is 0 Å². The lowest BCUT2D eigenvalue weighted by Gasteiger charge is -2.07. The Bertz CT molecular complexity index is 159. The molecule has 1 heterocycles. The minimum atomic E-state index is 0.284. The molecule has 0 spiro atoms. The lowest BCUT2D eigenvalue weighted by Crippen LogP contribution is -2.13. The van der Waals surface area contributed by atoms with Crippen LogP contribution in [0, 0.1) is 5.92 Å². The SMILES string of the molecule is CCCCOCCC1CSCC1=O. The molecule has 13 heavy (non-hydrogen) atoms. The molecular weight excluding hydrogens is 184 g/mol. The zero-order valence-electron chi connectivity index (χ0n) is 8.25. The van der Waals surface area contributed by atoms with Crippen molar-refractivity contribution in [2.24, 2.45) is 5.92 Å². The Hall–Kier alpha value is -0.0200. The zero-order valence-corrected chi connectivity index (χ0v) is 9.07. The van der Waals surface area contributed by atoms with Gasteiger partial charge in [0.2, 0.25) is 0 Å². The molecule has 0 aliphatic carbocycles. The van der Waals surface area contributed by atoms with Crippen LogP contribution in [-0.4, -0.2) is 30.5 Å². The summed E-state index contributed by atoms with van der Waals surface area (Å²) in [6, 6.07) is 0. The van der Waals surface area contributed by atoms with Gasteiger partial charge in [0, 0.05) is 24.9 Å². The third kappa shape index (κ3) is 4.14. The van der Waals surface area contributed by atoms with E-state index in [0.717, 1.165) is 37.6 Å². The van der Waals surface area contributed by atoms with Crippen LogP contribution in [-0.2, 0) is 9.53 Å². The second-order valence-corrected chi connectivity index (χ2v) is 4.46. The van der Waals surface area contributed by atoms with Crippen LogP contribution in [0.5, 0.6) is 0 Å². The van der Waals surface area contributed by atoms with Gasteiger partial charge in [-0.05, 0) is 12.8 Å². The van der Waals surface area contributed by atoms with Crippen LogP contribution in [0.2, 0.25) is 0 Å². The van der Waals surface area contributed by atoms with E-state index in [0.29, 0.717) is 5.78 Å². The van der Waals surface area contributed by atoms with Gasteiger partial charge >= 0.3 is 0 Å². The van der Waals surface area contributed by atoms with Crippen LogP contribution in [0.3, 0.4) is 0 Å². The Morgan fingerprint density at radius 2 is 2.38 bits per heavy atom. The topological polar surface area (TPSA) is 26.3 Å². The van der Waals surface area contributed by atoms with Gasteiger partial charge in [-0.1, -0.05) is 13.3 Å². The van der Waals surface area contributed by atoms with Crippen LogP contribution in [0.15, 0.2) is 0 Å². The molecule has 1 unspecified atom stereocenters. The predicted molar refractivity (Wildman–Crippen MR) is 56.2 cm³/mol. The molecule has 0 saturated carbocycles. The average molecular weight is 202 g/mol. The summed E-state index contributed by atoms with van der Waals surface area (Å²) >= 11 is 1.75. The number of hydrogen-bond acceptors (Lipinski definition) is 3. The molecule has 1 saturated heterocycles. The van der Waals surface area contributed by atoms with Crippen molar-refractivity contribution < 1.29 is 9.53 Å². The van der Waals surface area contributed by atoms with E-state index in [1.807, 2.05) is 0 Å². The fourth-order valence-corrected chi connectivity index (χ4v) is 2.52. The monoisotopic (exact) mass is 202 g/mol. The van der Waals surface area contributed by atoms with Gasteiger partial charge in [0.15, 0.2) is 0 Å². The van der Waals surface area contributed by atoms with E-state index >= 15 is 0 Å². The summed E-state index contributed by atoms with van der Waals surface area (Å²) in [6.07, 6.45) is 3.24. The second kappa shape index (κ2) is 6.44. The molecule has 3 heteroatoms. The number of ketones is 1. The Labute approximate surface area is 84.4 Å². The highest BCUT2D eigenvalue weighted by Gasteiger charge is 2.24. The molecule has 0 aromatic carbocycles. The summed E-state index contributed by atoms with van der Waals surface area (Å²) in [5.74, 6) is 2.44. The van der Waals surface area contributed by atoms with E-state index < -0.39 is 0 Å². The van der Waals surface area contributed by atoms with Crippen molar-refractivity contribution in [3.8, 4) is 0 Å². The zero-order chi connectivity index (χ0) is 9.52. The third-order valence-electron chi connectivity index (χ3n) is 2.27. The molecular formula is C10H18O2S. The molecule has 1 aliphatic rings. The molecule has 2 nitrogen and oxygen atoms in total. The quantitative estimate of drug-likeness (QED) is 0.617. The number of ether oxygens (including phenoxy) is 1. The average Bonchev–Trinajstić information content (AvgIpc) is 2.52. The first-order valence-corrected chi connectivity index (χ1v) is 6.18. The van der Waals surface area contributed by atoms with E-state index in [2.05, 4.69) is 6.92 Å². The maximum atomic E-state index is 11.2. The predicted octanol–water partition coefficient (Wildman–Crippen LogP) is 2.13. The summed E-state index contributed by atoms with van der Waals surface area (Å²) in [6.45, 7) is 3.77. The highest BCUT2D eigenvalue weighted by Crippen LogP contribution is 2.22. The summed E-state index contributed by atoms with van der Waals surface area (Å²) in [7, 11) is 0. The molecule has 0 aromatic heterocycles. The number of carbonyl (C=O) groups excluding carboxylic acids is 1. The molecule has 76 valence electrons. The van der Waals surface area contributed by atoms with Gasteiger partial charge in [-0.2, -0.15) is 11.8 Å². The van der Waals surface area contributed by atoms with Crippen LogP contribution < -0.4 is 0 Å². The summed E-state index contributed by atoms with van der Waals surface area (Å²) in [5, 5.41) is 0. The van der Waals surface area contributed by atoms with Crippen molar-refractivity contribution in [2.75, 3.05) is 24.7 Å². The van der Waals surface area contributed by atoms with E-state index in [4.69, 9.17) is 4.74 Å². The van der Waals surface area contributed by atoms with Crippen molar-refractivity contribution >= 4 is 17.5 Å². The van der Waals surface area contributed by atoms with Crippen LogP contribution in [0.25, 0.3) is 0 Å². The molecule has 1 atom stereocenters. The van der Waals surface area contributed by atoms with Crippen molar-refractivity contribution in [3.05, 3.63) is 0 Å². The number of unbranched alkanes of at least 4 members (excludes halogenated alkanes) is 1. The minimum absolute atomic E-state index is 0.284. The summed E-state index contributed by atoms with van der Waals surface area (Å²) < 4.78 is 5.42. The van der Waals surface area contributed by atoms with Gasteiger partial charge in [0.05, 0.1) is 5.75 Å². The van der Waals surface area contributed by atoms with Crippen molar-refractivity contribution in [3.63, 3.8) is 0 Å². The van der Waals surface area contributed by atoms with Crippen LogP contribution in [0.1, 0.15) is 26.2 Å². The summed E-state index contributed by atoms with van der Waals surface area (Å²) in [5.41, 5.74) is 0. The van der Waals surface area contributed by atoms with E-state index in [1.165, 1.54) is 6.42 Å². The van der Waals surface area contributed by atoms with Gasteiger partial charge in [0.25, 0.3) is 0 Å². The lowest BCUT2D eigenvalue weighted by atomic mass is 10.1. The van der Waals surface area contributed by atoms with Gasteiger partial charge < -0.3 is 4.74 Å². The highest BCUT2D eigenvalue weighted by atomic mass is 32.2. The van der Waals surface area contributed by atoms with Crippen molar-refractivity contribution in [2.45, 2.75) is 26.2 Å². The first-order chi connectivity index (χ1) is 6.34. The molecule has 0 amide bonds. The largest absolute Gasteiger partial charge is 0.381 e. The Kier molecular flexibility index (Phi) is 5.47. The van der Waals surface area contributed by atoms with Gasteiger partial charge in [-0.3, -0.25) is 4.79 Å². The standard InChI is InChI=1S/C10H18O2S/c1-2-3-5-12-6-4-9-7-13-8-10(9)11/h9H,2-8H2,1H3. The number of thioether (sulfide) groups is 1. The molecule has 0 radical (unpaired) electrons. The van der Waals surface area contributed by atoms with Gasteiger partial charge in [-0.25, -0.2) is 0 Å². The van der Waals surface area contributed by atoms with E-state index in [9.17, 15) is 4.79 Å². The number of carbonyl (C=O) groups is 1. The second-order valence-electron chi connectivity index (χ2n) is 3.43. The van der Waals surface area contributed by atoms with E-state index in [1.54, 1.807) is 11.8 Å². The highest BCUT2D eigenvalue weighted by molar-refractivity contribution is 8.00. The fraction of sp³-hybridized carbons (Fsp3) is 0.900.